The summed E-state index contributed by atoms with van der Waals surface area (Å²) >= 11 is 0. The molecule has 2 aliphatic heterocycles. The van der Waals surface area contributed by atoms with Crippen LogP contribution < -0.4 is 9.62 Å². The first-order valence-corrected chi connectivity index (χ1v) is 12.1. The number of ether oxygens (including phenoxy) is 1. The van der Waals surface area contributed by atoms with E-state index >= 15 is 0 Å². The van der Waals surface area contributed by atoms with Crippen LogP contribution in [0.1, 0.15) is 0 Å². The monoisotopic (exact) mass is 537 g/mol. The highest BCUT2D eigenvalue weighted by Gasteiger charge is 2.47. The lowest BCUT2D eigenvalue weighted by Gasteiger charge is -2.41. The van der Waals surface area contributed by atoms with E-state index in [4.69, 9.17) is 4.74 Å². The number of anilines is 1. The summed E-state index contributed by atoms with van der Waals surface area (Å²) in [6.07, 6.45) is -2.33. The lowest BCUT2D eigenvalue weighted by Crippen LogP contribution is -2.57. The predicted molar refractivity (Wildman–Crippen MR) is 132 cm³/mol. The third-order valence-electron chi connectivity index (χ3n) is 6.10. The summed E-state index contributed by atoms with van der Waals surface area (Å²) in [6, 6.07) is 13.9. The van der Waals surface area contributed by atoms with Crippen LogP contribution in [0.3, 0.4) is 0 Å². The van der Waals surface area contributed by atoms with Crippen molar-refractivity contribution in [3.05, 3.63) is 60.4 Å². The average Bonchev–Trinajstić information content (AvgIpc) is 3.14. The third kappa shape index (κ3) is 6.38. The molecule has 8 nitrogen and oxygen atoms in total. The summed E-state index contributed by atoms with van der Waals surface area (Å²) in [4.78, 5) is 4.36. The van der Waals surface area contributed by atoms with Gasteiger partial charge in [-0.05, 0) is 36.4 Å². The number of nitrogens with zero attached hydrogens (tertiary/aromatic N) is 2. The smallest absolute Gasteiger partial charge is 0.240 e. The summed E-state index contributed by atoms with van der Waals surface area (Å²) in [5.74, 6) is -0.283. The van der Waals surface area contributed by atoms with E-state index < -0.39 is 34.4 Å². The Hall–Kier alpha value is -1.50. The number of rotatable bonds is 7. The fourth-order valence-electron chi connectivity index (χ4n) is 4.40. The number of benzene rings is 2. The second-order valence-corrected chi connectivity index (χ2v) is 9.81. The molecule has 2 heterocycles. The Bertz CT molecular complexity index is 995. The summed E-state index contributed by atoms with van der Waals surface area (Å²) in [7, 11) is -3.72. The fraction of sp³-hybridized carbons (Fsp3) is 0.455. The topological polar surface area (TPSA) is 102 Å². The maximum atomic E-state index is 13.2. The minimum atomic E-state index is -3.72. The second kappa shape index (κ2) is 12.5. The number of hydrogen-bond acceptors (Lipinski definition) is 7. The van der Waals surface area contributed by atoms with E-state index in [1.54, 1.807) is 30.3 Å². The van der Waals surface area contributed by atoms with Gasteiger partial charge in [0, 0.05) is 38.4 Å². The molecule has 4 rings (SSSR count). The quantitative estimate of drug-likeness (QED) is 0.488. The average molecular weight is 538 g/mol. The van der Waals surface area contributed by atoms with Crippen molar-refractivity contribution in [1.82, 2.24) is 9.62 Å². The van der Waals surface area contributed by atoms with Gasteiger partial charge in [0.2, 0.25) is 10.0 Å². The molecule has 0 aliphatic carbocycles. The van der Waals surface area contributed by atoms with Gasteiger partial charge in [-0.1, -0.05) is 18.2 Å². The van der Waals surface area contributed by atoms with Crippen molar-refractivity contribution in [2.75, 3.05) is 44.2 Å². The molecular formula is C22H30Cl2FN3O5S. The van der Waals surface area contributed by atoms with Crippen molar-refractivity contribution in [1.29, 1.82) is 0 Å². The zero-order valence-electron chi connectivity index (χ0n) is 18.4. The van der Waals surface area contributed by atoms with Gasteiger partial charge in [0.25, 0.3) is 0 Å². The molecule has 190 valence electrons. The Morgan fingerprint density at radius 2 is 1.59 bits per heavy atom. The fourth-order valence-corrected chi connectivity index (χ4v) is 5.47. The number of hydrogen-bond donors (Lipinski definition) is 3. The highest BCUT2D eigenvalue weighted by molar-refractivity contribution is 7.89. The molecule has 0 saturated carbocycles. The van der Waals surface area contributed by atoms with Gasteiger partial charge in [-0.15, -0.1) is 24.8 Å². The Morgan fingerprint density at radius 3 is 2.18 bits per heavy atom. The van der Waals surface area contributed by atoms with Gasteiger partial charge in [-0.2, -0.15) is 0 Å². The Morgan fingerprint density at radius 1 is 0.971 bits per heavy atom. The van der Waals surface area contributed by atoms with Crippen molar-refractivity contribution >= 4 is 40.5 Å². The first-order valence-electron chi connectivity index (χ1n) is 10.6. The third-order valence-corrected chi connectivity index (χ3v) is 7.54. The van der Waals surface area contributed by atoms with Gasteiger partial charge in [-0.3, -0.25) is 4.90 Å². The van der Waals surface area contributed by atoms with Gasteiger partial charge in [0.1, 0.15) is 18.0 Å². The van der Waals surface area contributed by atoms with Crippen LogP contribution in [0, 0.1) is 5.82 Å². The van der Waals surface area contributed by atoms with Crippen LogP contribution >= 0.6 is 24.8 Å². The van der Waals surface area contributed by atoms with Gasteiger partial charge in [-0.25, -0.2) is 17.5 Å². The standard InChI is InChI=1S/C22H28FN3O5S.2ClH/c23-16-6-8-17(9-7-16)25-10-12-26(13-11-25)21-19(31-20(15-27)22(21)28)14-24-32(29,30)18-4-2-1-3-5-18;;/h1-9,19-22,24,27-28H,10-15H2;2*1H/t19-,20+,21+,22-;;/m1../s1. The summed E-state index contributed by atoms with van der Waals surface area (Å²) in [5.41, 5.74) is 0.926. The van der Waals surface area contributed by atoms with Gasteiger partial charge < -0.3 is 19.8 Å². The second-order valence-electron chi connectivity index (χ2n) is 8.04. The first kappa shape index (κ1) is 28.7. The van der Waals surface area contributed by atoms with E-state index in [0.29, 0.717) is 26.2 Å². The molecule has 2 fully saturated rings. The van der Waals surface area contributed by atoms with Gasteiger partial charge >= 0.3 is 0 Å². The molecule has 34 heavy (non-hydrogen) atoms. The molecule has 4 atom stereocenters. The van der Waals surface area contributed by atoms with E-state index in [2.05, 4.69) is 14.5 Å². The SMILES string of the molecule is Cl.Cl.O=S(=O)(NC[C@H]1O[C@@H](CO)[C@@H](O)[C@H]1N1CCN(c2ccc(F)cc2)CC1)c1ccccc1. The number of piperazine rings is 1. The molecule has 0 amide bonds. The first-order chi connectivity index (χ1) is 15.4. The molecule has 0 aromatic heterocycles. The number of nitrogens with one attached hydrogen (secondary N) is 1. The Kier molecular flexibility index (Phi) is 10.5. The summed E-state index contributed by atoms with van der Waals surface area (Å²) < 4.78 is 46.8. The summed E-state index contributed by atoms with van der Waals surface area (Å²) in [5, 5.41) is 20.4. The number of sulfonamides is 1. The van der Waals surface area contributed by atoms with Crippen LogP contribution in [0.15, 0.2) is 59.5 Å². The molecule has 0 bridgehead atoms. The highest BCUT2D eigenvalue weighted by atomic mass is 35.5. The molecule has 2 aliphatic rings. The zero-order valence-corrected chi connectivity index (χ0v) is 20.8. The molecule has 2 saturated heterocycles. The van der Waals surface area contributed by atoms with E-state index in [9.17, 15) is 23.0 Å². The lowest BCUT2D eigenvalue weighted by atomic mass is 10.0. The normalized spacial score (nSPS) is 25.4. The maximum absolute atomic E-state index is 13.2. The minimum absolute atomic E-state index is 0. The molecule has 12 heteroatoms. The van der Waals surface area contributed by atoms with Crippen molar-refractivity contribution < 1.29 is 27.8 Å². The van der Waals surface area contributed by atoms with E-state index in [1.165, 1.54) is 24.3 Å². The van der Waals surface area contributed by atoms with E-state index in [0.717, 1.165) is 5.69 Å². The maximum Gasteiger partial charge on any atom is 0.240 e. The number of aliphatic hydroxyl groups excluding tert-OH is 2. The van der Waals surface area contributed by atoms with Crippen LogP contribution in [0.5, 0.6) is 0 Å². The molecule has 2 aromatic rings. The van der Waals surface area contributed by atoms with Crippen molar-refractivity contribution in [2.24, 2.45) is 0 Å². The molecule has 0 radical (unpaired) electrons. The largest absolute Gasteiger partial charge is 0.394 e. The van der Waals surface area contributed by atoms with E-state index in [1.807, 2.05) is 0 Å². The molecule has 2 aromatic carbocycles. The molecule has 3 N–H and O–H groups in total. The van der Waals surface area contributed by atoms with Crippen molar-refractivity contribution in [2.45, 2.75) is 29.2 Å². The molecule has 0 unspecified atom stereocenters. The van der Waals surface area contributed by atoms with Crippen LogP contribution in [0.2, 0.25) is 0 Å². The predicted octanol–water partition coefficient (Wildman–Crippen LogP) is 1.26. The van der Waals surface area contributed by atoms with E-state index in [-0.39, 0.29) is 48.7 Å². The Balaban J connectivity index is 0.00000204. The van der Waals surface area contributed by atoms with Gasteiger partial charge in [0.15, 0.2) is 0 Å². The Labute approximate surface area is 211 Å². The lowest BCUT2D eigenvalue weighted by molar-refractivity contribution is -0.0201. The number of halogens is 3. The van der Waals surface area contributed by atoms with Crippen molar-refractivity contribution in [3.8, 4) is 0 Å². The number of aliphatic hydroxyl groups is 2. The van der Waals surface area contributed by atoms with Crippen molar-refractivity contribution in [3.63, 3.8) is 0 Å². The van der Waals surface area contributed by atoms with Crippen LogP contribution in [0.4, 0.5) is 10.1 Å². The van der Waals surface area contributed by atoms with Crippen LogP contribution in [-0.4, -0.2) is 87.2 Å². The highest BCUT2D eigenvalue weighted by Crippen LogP contribution is 2.28. The van der Waals surface area contributed by atoms with Crippen LogP contribution in [-0.2, 0) is 14.8 Å². The summed E-state index contributed by atoms with van der Waals surface area (Å²) in [6.45, 7) is 2.19. The van der Waals surface area contributed by atoms with Gasteiger partial charge in [0.05, 0.1) is 23.6 Å². The zero-order chi connectivity index (χ0) is 22.7. The van der Waals surface area contributed by atoms with Crippen LogP contribution in [0.25, 0.3) is 0 Å². The minimum Gasteiger partial charge on any atom is -0.394 e. The molecule has 0 spiro atoms. The molecular weight excluding hydrogens is 508 g/mol.